The van der Waals surface area contributed by atoms with Crippen LogP contribution < -0.4 is 5.32 Å². The topological polar surface area (TPSA) is 90.1 Å². The van der Waals surface area contributed by atoms with Crippen molar-refractivity contribution in [1.82, 2.24) is 15.1 Å². The molecule has 116 valence electrons. The molecule has 1 saturated carbocycles. The molecule has 0 bridgehead atoms. The molecular weight excluding hydrogens is 340 g/mol. The van der Waals surface area contributed by atoms with E-state index in [2.05, 4.69) is 26.3 Å². The standard InChI is InChI=1S/C13H19BrN4O3/c14-11-9-17(16-13(11)18(20)21)8-7-12(19)15-10-5-3-1-2-4-6-10/h9-10H,1-8H2,(H,15,19). The maximum Gasteiger partial charge on any atom is 0.404 e. The number of carbonyl (C=O) groups excluding carboxylic acids is 1. The Morgan fingerprint density at radius 2 is 2.10 bits per heavy atom. The molecule has 0 aromatic carbocycles. The van der Waals surface area contributed by atoms with Crippen LogP contribution >= 0.6 is 15.9 Å². The number of aromatic nitrogens is 2. The number of nitrogens with one attached hydrogen (secondary N) is 1. The second-order valence-electron chi connectivity index (χ2n) is 5.33. The Morgan fingerprint density at radius 1 is 1.43 bits per heavy atom. The maximum absolute atomic E-state index is 11.9. The Hall–Kier alpha value is -1.44. The molecule has 1 N–H and O–H groups in total. The van der Waals surface area contributed by atoms with Crippen molar-refractivity contribution in [1.29, 1.82) is 0 Å². The van der Waals surface area contributed by atoms with Crippen LogP contribution in [0.25, 0.3) is 0 Å². The molecule has 0 saturated heterocycles. The number of aryl methyl sites for hydroxylation is 1. The molecule has 0 unspecified atom stereocenters. The van der Waals surface area contributed by atoms with E-state index in [1.165, 1.54) is 36.6 Å². The van der Waals surface area contributed by atoms with E-state index in [1.54, 1.807) is 0 Å². The molecule has 1 aliphatic rings. The fourth-order valence-electron chi connectivity index (χ4n) is 2.56. The molecule has 2 rings (SSSR count). The molecule has 1 aromatic heterocycles. The Kier molecular flexibility index (Phi) is 5.72. The minimum atomic E-state index is -0.549. The number of halogens is 1. The average molecular weight is 359 g/mol. The highest BCUT2D eigenvalue weighted by Crippen LogP contribution is 2.22. The van der Waals surface area contributed by atoms with Crippen LogP contribution in [0.2, 0.25) is 0 Å². The molecule has 1 fully saturated rings. The molecule has 0 radical (unpaired) electrons. The molecule has 1 amide bonds. The third kappa shape index (κ3) is 4.80. The quantitative estimate of drug-likeness (QED) is 0.497. The van der Waals surface area contributed by atoms with Gasteiger partial charge in [0.2, 0.25) is 5.91 Å². The number of nitro groups is 1. The van der Waals surface area contributed by atoms with Crippen LogP contribution in [0, 0.1) is 10.1 Å². The number of hydrogen-bond donors (Lipinski definition) is 1. The van der Waals surface area contributed by atoms with Gasteiger partial charge in [-0.2, -0.15) is 4.68 Å². The Bertz CT molecular complexity index is 510. The molecule has 7 nitrogen and oxygen atoms in total. The summed E-state index contributed by atoms with van der Waals surface area (Å²) in [6.07, 6.45) is 8.73. The lowest BCUT2D eigenvalue weighted by molar-refractivity contribution is -0.390. The molecule has 1 heterocycles. The summed E-state index contributed by atoms with van der Waals surface area (Å²) in [5.74, 6) is -0.240. The van der Waals surface area contributed by atoms with Gasteiger partial charge in [-0.25, -0.2) is 0 Å². The normalized spacial score (nSPS) is 16.4. The summed E-state index contributed by atoms with van der Waals surface area (Å²) < 4.78 is 1.76. The summed E-state index contributed by atoms with van der Waals surface area (Å²) in [6.45, 7) is 0.338. The first kappa shape index (κ1) is 15.9. The van der Waals surface area contributed by atoms with Crippen LogP contribution in [0.1, 0.15) is 44.9 Å². The van der Waals surface area contributed by atoms with Crippen molar-refractivity contribution in [3.63, 3.8) is 0 Å². The Labute approximate surface area is 131 Å². The van der Waals surface area contributed by atoms with Crippen molar-refractivity contribution in [3.05, 3.63) is 20.8 Å². The van der Waals surface area contributed by atoms with Crippen molar-refractivity contribution >= 4 is 27.7 Å². The van der Waals surface area contributed by atoms with Gasteiger partial charge in [0.15, 0.2) is 0 Å². The van der Waals surface area contributed by atoms with Gasteiger partial charge in [0, 0.05) is 12.5 Å². The van der Waals surface area contributed by atoms with Crippen LogP contribution in [-0.2, 0) is 11.3 Å². The molecule has 0 atom stereocenters. The van der Waals surface area contributed by atoms with Crippen LogP contribution in [-0.4, -0.2) is 26.7 Å². The smallest absolute Gasteiger partial charge is 0.358 e. The van der Waals surface area contributed by atoms with Crippen LogP contribution in [0.15, 0.2) is 10.7 Å². The minimum Gasteiger partial charge on any atom is -0.358 e. The van der Waals surface area contributed by atoms with Gasteiger partial charge in [-0.3, -0.25) is 4.79 Å². The summed E-state index contributed by atoms with van der Waals surface area (Å²) >= 11 is 3.09. The van der Waals surface area contributed by atoms with Gasteiger partial charge in [-0.15, -0.1) is 0 Å². The summed E-state index contributed by atoms with van der Waals surface area (Å²) in [5.41, 5.74) is 0. The lowest BCUT2D eigenvalue weighted by atomic mass is 10.1. The first-order chi connectivity index (χ1) is 10.1. The fraction of sp³-hybridized carbons (Fsp3) is 0.692. The molecule has 1 aliphatic carbocycles. The third-order valence-electron chi connectivity index (χ3n) is 3.66. The van der Waals surface area contributed by atoms with Crippen molar-refractivity contribution in [2.75, 3.05) is 0 Å². The molecule has 8 heteroatoms. The highest BCUT2D eigenvalue weighted by molar-refractivity contribution is 9.10. The van der Waals surface area contributed by atoms with E-state index < -0.39 is 4.92 Å². The first-order valence-electron chi connectivity index (χ1n) is 7.23. The largest absolute Gasteiger partial charge is 0.404 e. The van der Waals surface area contributed by atoms with Crippen LogP contribution in [0.3, 0.4) is 0 Å². The van der Waals surface area contributed by atoms with Gasteiger partial charge in [0.1, 0.15) is 4.47 Å². The lowest BCUT2D eigenvalue weighted by Gasteiger charge is -2.15. The molecule has 0 spiro atoms. The van der Waals surface area contributed by atoms with E-state index in [0.29, 0.717) is 11.0 Å². The zero-order valence-electron chi connectivity index (χ0n) is 11.8. The third-order valence-corrected chi connectivity index (χ3v) is 4.22. The van der Waals surface area contributed by atoms with Crippen LogP contribution in [0.5, 0.6) is 0 Å². The molecule has 21 heavy (non-hydrogen) atoms. The highest BCUT2D eigenvalue weighted by atomic mass is 79.9. The number of hydrogen-bond acceptors (Lipinski definition) is 4. The average Bonchev–Trinajstić information content (AvgIpc) is 2.63. The Morgan fingerprint density at radius 3 is 2.67 bits per heavy atom. The molecule has 1 aromatic rings. The fourth-order valence-corrected chi connectivity index (χ4v) is 3.03. The van der Waals surface area contributed by atoms with Gasteiger partial charge in [-0.1, -0.05) is 25.7 Å². The van der Waals surface area contributed by atoms with E-state index >= 15 is 0 Å². The van der Waals surface area contributed by atoms with Gasteiger partial charge < -0.3 is 15.4 Å². The number of amides is 1. The highest BCUT2D eigenvalue weighted by Gasteiger charge is 2.19. The SMILES string of the molecule is O=C(CCn1cc(Br)c([N+](=O)[O-])n1)NC1CCCCCC1. The van der Waals surface area contributed by atoms with Gasteiger partial charge in [0.25, 0.3) is 0 Å². The second-order valence-corrected chi connectivity index (χ2v) is 6.18. The summed E-state index contributed by atoms with van der Waals surface area (Å²) in [4.78, 5) is 22.1. The summed E-state index contributed by atoms with van der Waals surface area (Å²) in [7, 11) is 0. The van der Waals surface area contributed by atoms with Gasteiger partial charge in [0.05, 0.1) is 17.8 Å². The van der Waals surface area contributed by atoms with E-state index in [4.69, 9.17) is 0 Å². The van der Waals surface area contributed by atoms with Crippen molar-refractivity contribution in [2.24, 2.45) is 0 Å². The van der Waals surface area contributed by atoms with Gasteiger partial charge in [-0.05, 0) is 33.7 Å². The second kappa shape index (κ2) is 7.53. The van der Waals surface area contributed by atoms with E-state index in [-0.39, 0.29) is 24.2 Å². The number of nitrogens with zero attached hydrogens (tertiary/aromatic N) is 3. The van der Waals surface area contributed by atoms with E-state index in [9.17, 15) is 14.9 Å². The van der Waals surface area contributed by atoms with E-state index in [1.807, 2.05) is 0 Å². The number of rotatable bonds is 5. The predicted molar refractivity (Wildman–Crippen MR) is 80.8 cm³/mol. The Balaban J connectivity index is 1.80. The summed E-state index contributed by atoms with van der Waals surface area (Å²) in [5, 5.41) is 17.6. The first-order valence-corrected chi connectivity index (χ1v) is 8.02. The zero-order chi connectivity index (χ0) is 15.2. The summed E-state index contributed by atoms with van der Waals surface area (Å²) in [6, 6.07) is 0.277. The van der Waals surface area contributed by atoms with Crippen LogP contribution in [0.4, 0.5) is 5.82 Å². The lowest BCUT2D eigenvalue weighted by Crippen LogP contribution is -2.34. The van der Waals surface area contributed by atoms with Crippen molar-refractivity contribution < 1.29 is 9.72 Å². The van der Waals surface area contributed by atoms with Gasteiger partial charge >= 0.3 is 5.82 Å². The zero-order valence-corrected chi connectivity index (χ0v) is 13.3. The van der Waals surface area contributed by atoms with Crippen molar-refractivity contribution in [2.45, 2.75) is 57.5 Å². The molecular formula is C13H19BrN4O3. The van der Waals surface area contributed by atoms with E-state index in [0.717, 1.165) is 12.8 Å². The maximum atomic E-state index is 11.9. The molecule has 0 aliphatic heterocycles. The predicted octanol–water partition coefficient (Wildman–Crippen LogP) is 2.78. The van der Waals surface area contributed by atoms with Crippen molar-refractivity contribution in [3.8, 4) is 0 Å². The monoisotopic (exact) mass is 358 g/mol. The minimum absolute atomic E-state index is 0.0174. The number of carbonyl (C=O) groups is 1.